The molecule has 1 N–H and O–H groups in total. The highest BCUT2D eigenvalue weighted by molar-refractivity contribution is 8.49. The molecule has 0 aliphatic carbocycles. The topological polar surface area (TPSA) is 63.6 Å². The van der Waals surface area contributed by atoms with Gasteiger partial charge in [-0.05, 0) is 12.1 Å². The van der Waals surface area contributed by atoms with Crippen molar-refractivity contribution < 1.29 is 18.5 Å². The molecule has 0 heterocycles. The third-order valence-corrected chi connectivity index (χ3v) is 9.92. The number of hydrogen-bond donors (Lipinski definition) is 1. The van der Waals surface area contributed by atoms with Crippen LogP contribution in [0.25, 0.3) is 0 Å². The zero-order chi connectivity index (χ0) is 10.6. The Balaban J connectivity index is 2.69. The van der Waals surface area contributed by atoms with Crippen LogP contribution in [-0.2, 0) is 9.13 Å². The molecule has 0 aliphatic heterocycles. The number of para-hydroxylation sites is 1. The molecule has 1 aromatic carbocycles. The van der Waals surface area contributed by atoms with E-state index in [4.69, 9.17) is 9.42 Å². The van der Waals surface area contributed by atoms with Gasteiger partial charge in [0, 0.05) is 6.66 Å². The van der Waals surface area contributed by atoms with Gasteiger partial charge >= 0.3 is 0 Å². The molecule has 0 aromatic heterocycles. The first-order chi connectivity index (χ1) is 6.49. The fourth-order valence-electron chi connectivity index (χ4n) is 0.879. The zero-order valence-electron chi connectivity index (χ0n) is 7.51. The van der Waals surface area contributed by atoms with Crippen LogP contribution in [0.15, 0.2) is 30.3 Å². The Kier molecular flexibility index (Phi) is 4.34. The van der Waals surface area contributed by atoms with Crippen molar-refractivity contribution in [3.63, 3.8) is 0 Å². The molecule has 78 valence electrons. The maximum absolute atomic E-state index is 11.6. The molecule has 0 fully saturated rings. The van der Waals surface area contributed by atoms with E-state index in [2.05, 4.69) is 0 Å². The molecule has 14 heavy (non-hydrogen) atoms. The minimum absolute atomic E-state index is 0.467. The minimum Gasteiger partial charge on any atom is -0.440 e. The molecule has 1 rings (SSSR count). The van der Waals surface area contributed by atoms with Gasteiger partial charge in [-0.25, -0.2) is 0 Å². The summed E-state index contributed by atoms with van der Waals surface area (Å²) in [5.41, 5.74) is 0. The van der Waals surface area contributed by atoms with Crippen LogP contribution in [0.4, 0.5) is 0 Å². The molecule has 1 aromatic rings. The number of benzene rings is 1. The Morgan fingerprint density at radius 1 is 1.43 bits per heavy atom. The maximum Gasteiger partial charge on any atom is 0.270 e. The first kappa shape index (κ1) is 11.9. The van der Waals surface area contributed by atoms with E-state index in [9.17, 15) is 9.13 Å². The quantitative estimate of drug-likeness (QED) is 0.836. The molecule has 3 atom stereocenters. The predicted molar refractivity (Wildman–Crippen MR) is 60.1 cm³/mol. The van der Waals surface area contributed by atoms with Crippen molar-refractivity contribution in [1.82, 2.24) is 0 Å². The van der Waals surface area contributed by atoms with Crippen LogP contribution in [0.5, 0.6) is 5.75 Å². The molecule has 0 saturated carbocycles. The minimum atomic E-state index is -2.96. The Labute approximate surface area is 84.6 Å². The van der Waals surface area contributed by atoms with Gasteiger partial charge in [-0.3, -0.25) is 9.13 Å². The van der Waals surface area contributed by atoms with E-state index in [1.54, 1.807) is 24.3 Å². The largest absolute Gasteiger partial charge is 0.440 e. The molecule has 0 amide bonds. The molecular formula is C7H11O4P3. The molecule has 0 spiro atoms. The molecule has 0 radical (unpaired) electrons. The van der Waals surface area contributed by atoms with E-state index in [1.165, 1.54) is 6.66 Å². The molecule has 0 bridgehead atoms. The summed E-state index contributed by atoms with van der Waals surface area (Å²) in [6.07, 6.45) is 0. The fraction of sp³-hybridized carbons (Fsp3) is 0.143. The molecule has 4 nitrogen and oxygen atoms in total. The smallest absolute Gasteiger partial charge is 0.270 e. The lowest BCUT2D eigenvalue weighted by atomic mass is 10.3. The van der Waals surface area contributed by atoms with Gasteiger partial charge in [-0.15, -0.1) is 0 Å². The lowest BCUT2D eigenvalue weighted by Gasteiger charge is -2.12. The highest BCUT2D eigenvalue weighted by atomic mass is 32.4. The first-order valence-electron chi connectivity index (χ1n) is 3.83. The lowest BCUT2D eigenvalue weighted by molar-refractivity contribution is 0.504. The van der Waals surface area contributed by atoms with E-state index in [1.807, 2.05) is 6.07 Å². The summed E-state index contributed by atoms with van der Waals surface area (Å²) in [5.74, 6) is 0.467. The molecule has 7 heteroatoms. The molecule has 3 unspecified atom stereocenters. The second-order valence-corrected chi connectivity index (χ2v) is 11.8. The van der Waals surface area contributed by atoms with Crippen molar-refractivity contribution in [2.75, 3.05) is 6.66 Å². The van der Waals surface area contributed by atoms with Gasteiger partial charge in [-0.1, -0.05) is 18.2 Å². The van der Waals surface area contributed by atoms with E-state index < -0.39 is 22.7 Å². The Morgan fingerprint density at radius 3 is 2.50 bits per heavy atom. The zero-order valence-corrected chi connectivity index (χ0v) is 10.4. The van der Waals surface area contributed by atoms with Crippen molar-refractivity contribution in [1.29, 1.82) is 0 Å². The second kappa shape index (κ2) is 5.09. The van der Waals surface area contributed by atoms with Gasteiger partial charge in [0.25, 0.3) is 7.06 Å². The van der Waals surface area contributed by atoms with Crippen molar-refractivity contribution in [3.05, 3.63) is 30.3 Å². The predicted octanol–water partition coefficient (Wildman–Crippen LogP) is 2.95. The van der Waals surface area contributed by atoms with Crippen LogP contribution < -0.4 is 4.52 Å². The average molecular weight is 252 g/mol. The Hall–Kier alpha value is -0.130. The van der Waals surface area contributed by atoms with E-state index in [0.717, 1.165) is 0 Å². The first-order valence-corrected chi connectivity index (χ1v) is 10.1. The van der Waals surface area contributed by atoms with Gasteiger partial charge in [0.05, 0.1) is 7.96 Å². The summed E-state index contributed by atoms with van der Waals surface area (Å²) in [4.78, 5) is 8.67. The second-order valence-electron chi connectivity index (χ2n) is 2.67. The normalized spacial score (nSPS) is 17.9. The average Bonchev–Trinajstić information content (AvgIpc) is 2.02. The molecule has 0 saturated heterocycles. The highest BCUT2D eigenvalue weighted by Crippen LogP contribution is 2.71. The van der Waals surface area contributed by atoms with Crippen molar-refractivity contribution in [2.45, 2.75) is 0 Å². The van der Waals surface area contributed by atoms with Gasteiger partial charge < -0.3 is 9.42 Å². The summed E-state index contributed by atoms with van der Waals surface area (Å²) in [6.45, 7) is 1.37. The Bertz CT molecular complexity index is 364. The summed E-state index contributed by atoms with van der Waals surface area (Å²) >= 11 is 0. The fourth-order valence-corrected chi connectivity index (χ4v) is 6.83. The Morgan fingerprint density at radius 2 is 2.00 bits per heavy atom. The van der Waals surface area contributed by atoms with Crippen LogP contribution >= 0.6 is 22.7 Å². The highest BCUT2D eigenvalue weighted by Gasteiger charge is 2.19. The van der Waals surface area contributed by atoms with Crippen LogP contribution in [0.2, 0.25) is 0 Å². The summed E-state index contributed by atoms with van der Waals surface area (Å²) in [6, 6.07) is 8.63. The van der Waals surface area contributed by atoms with Crippen molar-refractivity contribution in [2.24, 2.45) is 0 Å². The lowest BCUT2D eigenvalue weighted by Crippen LogP contribution is -1.84. The van der Waals surface area contributed by atoms with Crippen LogP contribution in [0.3, 0.4) is 0 Å². The van der Waals surface area contributed by atoms with E-state index >= 15 is 0 Å². The van der Waals surface area contributed by atoms with Gasteiger partial charge in [-0.2, -0.15) is 0 Å². The van der Waals surface area contributed by atoms with Crippen molar-refractivity contribution in [3.8, 4) is 5.75 Å². The van der Waals surface area contributed by atoms with Crippen LogP contribution in [0.1, 0.15) is 0 Å². The molecular weight excluding hydrogens is 241 g/mol. The SMILES string of the molecule is CP(=O)(Oc1ccccc1)P[PH](=O)O. The third-order valence-electron chi connectivity index (χ3n) is 1.32. The summed E-state index contributed by atoms with van der Waals surface area (Å²) in [5, 5.41) is 0. The summed E-state index contributed by atoms with van der Waals surface area (Å²) < 4.78 is 27.3. The van der Waals surface area contributed by atoms with Gasteiger partial charge in [0.15, 0.2) is 0 Å². The molecule has 0 aliphatic rings. The van der Waals surface area contributed by atoms with Crippen LogP contribution in [0, 0.1) is 0 Å². The van der Waals surface area contributed by atoms with Gasteiger partial charge in [0.2, 0.25) is 7.72 Å². The van der Waals surface area contributed by atoms with Crippen LogP contribution in [-0.4, -0.2) is 11.6 Å². The van der Waals surface area contributed by atoms with Crippen molar-refractivity contribution >= 4 is 22.7 Å². The summed E-state index contributed by atoms with van der Waals surface area (Å²) in [7, 11) is -6.20. The monoisotopic (exact) mass is 252 g/mol. The van der Waals surface area contributed by atoms with E-state index in [0.29, 0.717) is 5.75 Å². The number of rotatable bonds is 4. The maximum atomic E-state index is 11.6. The number of hydrogen-bond acceptors (Lipinski definition) is 3. The third kappa shape index (κ3) is 4.39. The van der Waals surface area contributed by atoms with E-state index in [-0.39, 0.29) is 0 Å². The standard InChI is InChI=1S/C7H11O4P3/c1-14(10,12-13(8)9)11-7-5-3-2-4-6-7/h2-6,12-13H,1H3,(H,8,9). The van der Waals surface area contributed by atoms with Gasteiger partial charge in [0.1, 0.15) is 5.75 Å².